The largest absolute Gasteiger partial charge is 0.497 e. The van der Waals surface area contributed by atoms with Crippen LogP contribution in [0.15, 0.2) is 48.7 Å². The Hall–Kier alpha value is -4.54. The predicted octanol–water partition coefficient (Wildman–Crippen LogP) is 6.50. The van der Waals surface area contributed by atoms with Crippen LogP contribution < -0.4 is 24.6 Å². The highest BCUT2D eigenvalue weighted by molar-refractivity contribution is 6.07. The van der Waals surface area contributed by atoms with Crippen molar-refractivity contribution >= 4 is 29.3 Å². The van der Waals surface area contributed by atoms with E-state index >= 15 is 4.39 Å². The summed E-state index contributed by atoms with van der Waals surface area (Å²) < 4.78 is 31.7. The number of halogens is 1. The third-order valence-corrected chi connectivity index (χ3v) is 7.81. The van der Waals surface area contributed by atoms with Crippen LogP contribution in [-0.2, 0) is 17.8 Å². The van der Waals surface area contributed by atoms with Gasteiger partial charge in [0, 0.05) is 49.1 Å². The Kier molecular flexibility index (Phi) is 8.85. The molecule has 0 unspecified atom stereocenters. The van der Waals surface area contributed by atoms with Gasteiger partial charge in [-0.05, 0) is 64.3 Å². The van der Waals surface area contributed by atoms with Crippen LogP contribution >= 0.6 is 0 Å². The molecule has 2 aromatic carbocycles. The summed E-state index contributed by atoms with van der Waals surface area (Å²) in [6.07, 6.45) is 2.66. The molecule has 10 nitrogen and oxygen atoms in total. The SMILES string of the molecule is COc1ccc(CNc2cc3c(cn2)CN(c2c(C)cccc2F)C(=O)N3[C@H]2CCCN(C(=O)OC(C)(C)C)C2)c(OC)c1. The maximum Gasteiger partial charge on any atom is 0.410 e. The van der Waals surface area contributed by atoms with E-state index in [0.29, 0.717) is 54.5 Å². The summed E-state index contributed by atoms with van der Waals surface area (Å²) in [6, 6.07) is 11.5. The second kappa shape index (κ2) is 12.6. The molecule has 0 radical (unpaired) electrons. The summed E-state index contributed by atoms with van der Waals surface area (Å²) >= 11 is 0. The number of amides is 3. The number of piperidine rings is 1. The number of nitrogens with zero attached hydrogens (tertiary/aromatic N) is 4. The number of rotatable bonds is 7. The summed E-state index contributed by atoms with van der Waals surface area (Å²) in [5.74, 6) is 1.45. The minimum atomic E-state index is -0.643. The maximum absolute atomic E-state index is 15.2. The first-order chi connectivity index (χ1) is 21.0. The van der Waals surface area contributed by atoms with Crippen LogP contribution in [0.3, 0.4) is 0 Å². The minimum Gasteiger partial charge on any atom is -0.497 e. The van der Waals surface area contributed by atoms with E-state index in [9.17, 15) is 9.59 Å². The fourth-order valence-corrected chi connectivity index (χ4v) is 5.72. The Morgan fingerprint density at radius 1 is 1.14 bits per heavy atom. The Morgan fingerprint density at radius 2 is 1.93 bits per heavy atom. The molecular weight excluding hydrogens is 565 g/mol. The molecule has 3 heterocycles. The number of methoxy groups -OCH3 is 2. The topological polar surface area (TPSA) is 96.5 Å². The number of ether oxygens (including phenoxy) is 3. The van der Waals surface area contributed by atoms with E-state index in [1.165, 1.54) is 11.0 Å². The van der Waals surface area contributed by atoms with Crippen molar-refractivity contribution in [1.82, 2.24) is 9.88 Å². The number of carbonyl (C=O) groups excluding carboxylic acids is 2. The van der Waals surface area contributed by atoms with Crippen LogP contribution in [0.25, 0.3) is 0 Å². The molecule has 3 amide bonds. The zero-order valence-corrected chi connectivity index (χ0v) is 26.1. The molecule has 1 aromatic heterocycles. The molecule has 2 aliphatic heterocycles. The Morgan fingerprint density at radius 3 is 2.64 bits per heavy atom. The van der Waals surface area contributed by atoms with Crippen LogP contribution in [0.1, 0.15) is 50.3 Å². The number of hydrogen-bond donors (Lipinski definition) is 1. The Labute approximate surface area is 257 Å². The van der Waals surface area contributed by atoms with Crippen molar-refractivity contribution in [3.8, 4) is 11.5 Å². The number of likely N-dealkylation sites (tertiary alicyclic amines) is 1. The molecule has 1 N–H and O–H groups in total. The van der Waals surface area contributed by atoms with Gasteiger partial charge in [-0.3, -0.25) is 9.80 Å². The average Bonchev–Trinajstić information content (AvgIpc) is 2.99. The number of pyridine rings is 1. The van der Waals surface area contributed by atoms with Gasteiger partial charge in [-0.2, -0.15) is 0 Å². The van der Waals surface area contributed by atoms with Crippen molar-refractivity contribution in [2.24, 2.45) is 0 Å². The lowest BCUT2D eigenvalue weighted by atomic mass is 10.0. The molecule has 0 aliphatic carbocycles. The van der Waals surface area contributed by atoms with Crippen LogP contribution in [0, 0.1) is 12.7 Å². The van der Waals surface area contributed by atoms with E-state index in [1.807, 2.05) is 45.0 Å². The number of anilines is 3. The normalized spacial score (nSPS) is 16.8. The second-order valence-electron chi connectivity index (χ2n) is 12.1. The highest BCUT2D eigenvalue weighted by atomic mass is 19.1. The van der Waals surface area contributed by atoms with E-state index in [0.717, 1.165) is 11.1 Å². The zero-order valence-electron chi connectivity index (χ0n) is 26.1. The molecule has 11 heteroatoms. The molecule has 0 spiro atoms. The average molecular weight is 606 g/mol. The number of benzene rings is 2. The van der Waals surface area contributed by atoms with E-state index in [4.69, 9.17) is 14.2 Å². The lowest BCUT2D eigenvalue weighted by Gasteiger charge is -2.44. The number of aromatic nitrogens is 1. The standard InChI is InChI=1S/C33H40FN5O5/c1-21-9-7-11-26(34)30(21)38-19-23-18-36-29(35-17-22-12-13-25(42-5)15-28(22)43-6)16-27(23)39(31(38)40)24-10-8-14-37(20-24)32(41)44-33(2,3)4/h7,9,11-13,15-16,18,24H,8,10,14,17,19-20H2,1-6H3,(H,35,36)/t24-/m0/s1. The van der Waals surface area contributed by atoms with Crippen molar-refractivity contribution in [1.29, 1.82) is 0 Å². The fourth-order valence-electron chi connectivity index (χ4n) is 5.72. The number of aryl methyl sites for hydroxylation is 1. The summed E-state index contributed by atoms with van der Waals surface area (Å²) in [7, 11) is 3.21. The van der Waals surface area contributed by atoms with Crippen molar-refractivity contribution in [2.45, 2.75) is 65.3 Å². The smallest absolute Gasteiger partial charge is 0.410 e. The van der Waals surface area contributed by atoms with Gasteiger partial charge in [0.15, 0.2) is 0 Å². The van der Waals surface area contributed by atoms with Crippen molar-refractivity contribution < 1.29 is 28.2 Å². The molecule has 5 rings (SSSR count). The number of nitrogens with one attached hydrogen (secondary N) is 1. The van der Waals surface area contributed by atoms with E-state index in [-0.39, 0.29) is 30.8 Å². The lowest BCUT2D eigenvalue weighted by Crippen LogP contribution is -2.58. The molecule has 44 heavy (non-hydrogen) atoms. The zero-order chi connectivity index (χ0) is 31.6. The van der Waals surface area contributed by atoms with Crippen LogP contribution in [0.4, 0.5) is 31.2 Å². The predicted molar refractivity (Wildman–Crippen MR) is 167 cm³/mol. The second-order valence-corrected chi connectivity index (χ2v) is 12.1. The van der Waals surface area contributed by atoms with Gasteiger partial charge in [-0.1, -0.05) is 12.1 Å². The van der Waals surface area contributed by atoms with Gasteiger partial charge in [-0.15, -0.1) is 0 Å². The van der Waals surface area contributed by atoms with E-state index in [1.54, 1.807) is 49.3 Å². The summed E-state index contributed by atoms with van der Waals surface area (Å²) in [5.41, 5.74) is 2.60. The summed E-state index contributed by atoms with van der Waals surface area (Å²) in [4.78, 5) is 36.8. The molecule has 234 valence electrons. The molecular formula is C33H40FN5O5. The van der Waals surface area contributed by atoms with Crippen molar-refractivity contribution in [3.63, 3.8) is 0 Å². The molecule has 0 bridgehead atoms. The number of fused-ring (bicyclic) bond motifs is 1. The molecule has 1 fully saturated rings. The Bertz CT molecular complexity index is 1520. The highest BCUT2D eigenvalue weighted by Crippen LogP contribution is 2.38. The lowest BCUT2D eigenvalue weighted by molar-refractivity contribution is 0.0199. The number of hydrogen-bond acceptors (Lipinski definition) is 7. The first-order valence-corrected chi connectivity index (χ1v) is 14.8. The first kappa shape index (κ1) is 30.9. The van der Waals surface area contributed by atoms with Gasteiger partial charge in [0.25, 0.3) is 0 Å². The van der Waals surface area contributed by atoms with E-state index in [2.05, 4.69) is 10.3 Å². The van der Waals surface area contributed by atoms with Crippen LogP contribution in [0.2, 0.25) is 0 Å². The quantitative estimate of drug-likeness (QED) is 0.328. The monoisotopic (exact) mass is 605 g/mol. The van der Waals surface area contributed by atoms with Crippen LogP contribution in [0.5, 0.6) is 11.5 Å². The number of para-hydroxylation sites is 1. The molecule has 3 aromatic rings. The third kappa shape index (κ3) is 6.51. The number of urea groups is 1. The van der Waals surface area contributed by atoms with Gasteiger partial charge in [0.1, 0.15) is 28.7 Å². The van der Waals surface area contributed by atoms with Gasteiger partial charge < -0.3 is 24.4 Å². The molecule has 1 atom stereocenters. The third-order valence-electron chi connectivity index (χ3n) is 7.81. The van der Waals surface area contributed by atoms with Crippen molar-refractivity contribution in [2.75, 3.05) is 42.4 Å². The fraction of sp³-hybridized carbons (Fsp3) is 0.424. The van der Waals surface area contributed by atoms with Crippen molar-refractivity contribution in [3.05, 3.63) is 71.2 Å². The first-order valence-electron chi connectivity index (χ1n) is 14.8. The summed E-state index contributed by atoms with van der Waals surface area (Å²) in [5, 5.41) is 3.35. The highest BCUT2D eigenvalue weighted by Gasteiger charge is 2.40. The van der Waals surface area contributed by atoms with Gasteiger partial charge in [0.05, 0.1) is 38.2 Å². The minimum absolute atomic E-state index is 0.161. The molecule has 2 aliphatic rings. The van der Waals surface area contributed by atoms with Gasteiger partial charge in [0.2, 0.25) is 0 Å². The van der Waals surface area contributed by atoms with Crippen LogP contribution in [-0.4, -0.2) is 61.0 Å². The molecule has 1 saturated heterocycles. The summed E-state index contributed by atoms with van der Waals surface area (Å²) in [6.45, 7) is 8.67. The van der Waals surface area contributed by atoms with Gasteiger partial charge in [-0.25, -0.2) is 19.0 Å². The number of carbonyl (C=O) groups is 2. The van der Waals surface area contributed by atoms with Gasteiger partial charge >= 0.3 is 12.1 Å². The maximum atomic E-state index is 15.2. The Balaban J connectivity index is 1.48. The molecule has 0 saturated carbocycles. The van der Waals surface area contributed by atoms with E-state index < -0.39 is 17.5 Å².